The number of alkyl halides is 3. The van der Waals surface area contributed by atoms with Gasteiger partial charge in [-0.2, -0.15) is 13.2 Å². The quantitative estimate of drug-likeness (QED) is 0.328. The molecule has 2 aromatic carbocycles. The lowest BCUT2D eigenvalue weighted by atomic mass is 9.83. The van der Waals surface area contributed by atoms with Gasteiger partial charge in [-0.1, -0.05) is 6.07 Å². The third-order valence-electron chi connectivity index (χ3n) is 6.91. The van der Waals surface area contributed by atoms with E-state index in [2.05, 4.69) is 15.6 Å². The summed E-state index contributed by atoms with van der Waals surface area (Å²) in [5.74, 6) is 0.592. The molecule has 0 radical (unpaired) electrons. The summed E-state index contributed by atoms with van der Waals surface area (Å²) in [5.41, 5.74) is 1.79. The zero-order chi connectivity index (χ0) is 28.4. The molecule has 40 heavy (non-hydrogen) atoms. The molecule has 0 spiro atoms. The Bertz CT molecular complexity index is 1490. The number of carbonyl (C=O) groups excluding carboxylic acids is 2. The van der Waals surface area contributed by atoms with Gasteiger partial charge >= 0.3 is 12.3 Å². The summed E-state index contributed by atoms with van der Waals surface area (Å²) in [6.07, 6.45) is -2.16. The van der Waals surface area contributed by atoms with Gasteiger partial charge in [-0.25, -0.2) is 9.78 Å². The fourth-order valence-electron chi connectivity index (χ4n) is 4.95. The molecule has 1 aliphatic carbocycles. The number of hydrogen-bond acceptors (Lipinski definition) is 5. The molecule has 12 heteroatoms. The minimum absolute atomic E-state index is 0.0561. The second-order valence-corrected chi connectivity index (χ2v) is 9.72. The molecule has 0 saturated heterocycles. The zero-order valence-electron chi connectivity index (χ0n) is 21.1. The zero-order valence-corrected chi connectivity index (χ0v) is 21.1. The third kappa shape index (κ3) is 6.16. The smallest absolute Gasteiger partial charge is 0.416 e. The van der Waals surface area contributed by atoms with E-state index in [1.807, 2.05) is 23.5 Å². The van der Waals surface area contributed by atoms with Crippen LogP contribution in [0.2, 0.25) is 0 Å². The van der Waals surface area contributed by atoms with Crippen molar-refractivity contribution in [3.63, 3.8) is 0 Å². The van der Waals surface area contributed by atoms with Crippen molar-refractivity contribution in [2.75, 3.05) is 10.6 Å². The number of rotatable bonds is 6. The number of nitrogens with zero attached hydrogens (tertiary/aromatic N) is 1. The van der Waals surface area contributed by atoms with Crippen LogP contribution in [0.3, 0.4) is 0 Å². The van der Waals surface area contributed by atoms with Crippen molar-refractivity contribution in [1.29, 1.82) is 0 Å². The molecule has 3 aromatic rings. The Hall–Kier alpha value is -4.61. The van der Waals surface area contributed by atoms with E-state index in [-0.39, 0.29) is 23.7 Å². The van der Waals surface area contributed by atoms with Crippen molar-refractivity contribution >= 4 is 29.4 Å². The average Bonchev–Trinajstić information content (AvgIpc) is 2.91. The highest BCUT2D eigenvalue weighted by Crippen LogP contribution is 2.36. The number of carbonyl (C=O) groups is 3. The first-order valence-electron chi connectivity index (χ1n) is 12.6. The third-order valence-corrected chi connectivity index (χ3v) is 6.91. The van der Waals surface area contributed by atoms with Crippen LogP contribution >= 0.6 is 0 Å². The number of pyridine rings is 1. The molecule has 2 aliphatic rings. The van der Waals surface area contributed by atoms with Crippen molar-refractivity contribution in [2.45, 2.75) is 44.8 Å². The van der Waals surface area contributed by atoms with Gasteiger partial charge in [0, 0.05) is 36.3 Å². The number of halogens is 3. The first-order valence-corrected chi connectivity index (χ1v) is 12.6. The standard InChI is InChI=1S/C28H25F3N4O5/c29-28(30,31)19-9-15(14-33-27(38)39)10-20(13-19)34-26(37)17-2-1-16-3-4-21(12-18(16)11-17)40-23-7-8-32-25-22(23)5-6-24(36)35-25/h3-4,7-10,12-13,17,33H,1-2,5-6,11,14H2,(H,34,37)(H,38,39)(H,32,35,36). The molecular weight excluding hydrogens is 529 g/mol. The number of aromatic nitrogens is 1. The van der Waals surface area contributed by atoms with Crippen LogP contribution < -0.4 is 20.7 Å². The Balaban J connectivity index is 1.31. The van der Waals surface area contributed by atoms with Gasteiger partial charge in [0.2, 0.25) is 11.8 Å². The maximum atomic E-state index is 13.4. The van der Waals surface area contributed by atoms with Gasteiger partial charge in [-0.05, 0) is 78.8 Å². The van der Waals surface area contributed by atoms with E-state index in [0.717, 1.165) is 28.8 Å². The van der Waals surface area contributed by atoms with Crippen molar-refractivity contribution in [2.24, 2.45) is 5.92 Å². The van der Waals surface area contributed by atoms with E-state index in [4.69, 9.17) is 9.84 Å². The van der Waals surface area contributed by atoms with Crippen molar-refractivity contribution in [3.05, 3.63) is 76.5 Å². The normalized spacial score (nSPS) is 16.3. The minimum atomic E-state index is -4.67. The Labute approximate surface area is 226 Å². The molecule has 0 fully saturated rings. The van der Waals surface area contributed by atoms with Crippen LogP contribution in [0, 0.1) is 5.92 Å². The lowest BCUT2D eigenvalue weighted by molar-refractivity contribution is -0.137. The molecule has 208 valence electrons. The first kappa shape index (κ1) is 27.0. The molecular formula is C28H25F3N4O5. The topological polar surface area (TPSA) is 130 Å². The van der Waals surface area contributed by atoms with E-state index in [9.17, 15) is 27.6 Å². The van der Waals surface area contributed by atoms with E-state index in [1.165, 1.54) is 6.07 Å². The van der Waals surface area contributed by atoms with Crippen LogP contribution in [-0.2, 0) is 41.6 Å². The van der Waals surface area contributed by atoms with Crippen molar-refractivity contribution < 1.29 is 37.4 Å². The summed E-state index contributed by atoms with van der Waals surface area (Å²) in [6.45, 7) is -0.339. The first-order chi connectivity index (χ1) is 19.0. The predicted molar refractivity (Wildman–Crippen MR) is 138 cm³/mol. The second kappa shape index (κ2) is 10.9. The number of anilines is 2. The number of carboxylic acid groups (broad SMARTS) is 1. The molecule has 0 saturated carbocycles. The van der Waals surface area contributed by atoms with E-state index >= 15 is 0 Å². The highest BCUT2D eigenvalue weighted by Gasteiger charge is 2.32. The van der Waals surface area contributed by atoms with Crippen LogP contribution in [0.4, 0.5) is 29.5 Å². The van der Waals surface area contributed by atoms with Gasteiger partial charge in [0.05, 0.1) is 5.56 Å². The van der Waals surface area contributed by atoms with Crippen LogP contribution in [0.1, 0.15) is 40.7 Å². The second-order valence-electron chi connectivity index (χ2n) is 9.72. The number of nitrogens with one attached hydrogen (secondary N) is 3. The Morgan fingerprint density at radius 2 is 1.90 bits per heavy atom. The molecule has 1 aromatic heterocycles. The minimum Gasteiger partial charge on any atom is -0.465 e. The van der Waals surface area contributed by atoms with E-state index < -0.39 is 29.7 Å². The maximum absolute atomic E-state index is 13.4. The molecule has 5 rings (SSSR count). The Kier molecular flexibility index (Phi) is 7.33. The number of fused-ring (bicyclic) bond motifs is 2. The van der Waals surface area contributed by atoms with Crippen LogP contribution in [-0.4, -0.2) is 28.0 Å². The SMILES string of the molecule is O=C(O)NCc1cc(NC(=O)C2CCc3ccc(Oc4ccnc5c4CCC(=O)N5)cc3C2)cc(C(F)(F)F)c1. The fourth-order valence-corrected chi connectivity index (χ4v) is 4.95. The highest BCUT2D eigenvalue weighted by atomic mass is 19.4. The molecule has 2 heterocycles. The van der Waals surface area contributed by atoms with Crippen LogP contribution in [0.25, 0.3) is 0 Å². The molecule has 9 nitrogen and oxygen atoms in total. The summed E-state index contributed by atoms with van der Waals surface area (Å²) in [6, 6.07) is 10.3. The van der Waals surface area contributed by atoms with Gasteiger partial charge in [-0.3, -0.25) is 9.59 Å². The van der Waals surface area contributed by atoms with E-state index in [1.54, 1.807) is 12.3 Å². The summed E-state index contributed by atoms with van der Waals surface area (Å²) in [4.78, 5) is 39.8. The molecule has 1 aliphatic heterocycles. The Morgan fingerprint density at radius 1 is 1.07 bits per heavy atom. The van der Waals surface area contributed by atoms with Crippen molar-refractivity contribution in [3.8, 4) is 11.5 Å². The van der Waals surface area contributed by atoms with Gasteiger partial charge < -0.3 is 25.8 Å². The monoisotopic (exact) mass is 554 g/mol. The molecule has 3 amide bonds. The molecule has 1 unspecified atom stereocenters. The van der Waals surface area contributed by atoms with Crippen LogP contribution in [0.15, 0.2) is 48.7 Å². The van der Waals surface area contributed by atoms with E-state index in [0.29, 0.717) is 49.4 Å². The molecule has 1 atom stereocenters. The summed E-state index contributed by atoms with van der Waals surface area (Å²) < 4.78 is 46.4. The predicted octanol–water partition coefficient (Wildman–Crippen LogP) is 5.29. The van der Waals surface area contributed by atoms with Gasteiger partial charge in [0.1, 0.15) is 17.3 Å². The lowest BCUT2D eigenvalue weighted by Crippen LogP contribution is -2.28. The van der Waals surface area contributed by atoms with Crippen molar-refractivity contribution in [1.82, 2.24) is 10.3 Å². The number of hydrogen-bond donors (Lipinski definition) is 4. The average molecular weight is 555 g/mol. The molecule has 0 bridgehead atoms. The van der Waals surface area contributed by atoms with Gasteiger partial charge in [-0.15, -0.1) is 0 Å². The summed E-state index contributed by atoms with van der Waals surface area (Å²) >= 11 is 0. The number of benzene rings is 2. The largest absolute Gasteiger partial charge is 0.465 e. The summed E-state index contributed by atoms with van der Waals surface area (Å²) in [5, 5.41) is 16.2. The van der Waals surface area contributed by atoms with Crippen LogP contribution in [0.5, 0.6) is 11.5 Å². The highest BCUT2D eigenvalue weighted by molar-refractivity contribution is 5.94. The fraction of sp³-hybridized carbons (Fsp3) is 0.286. The number of aryl methyl sites for hydroxylation is 1. The molecule has 4 N–H and O–H groups in total. The number of ether oxygens (including phenoxy) is 1. The number of amides is 3. The Morgan fingerprint density at radius 3 is 2.67 bits per heavy atom. The van der Waals surface area contributed by atoms with Gasteiger partial charge in [0.25, 0.3) is 0 Å². The maximum Gasteiger partial charge on any atom is 0.416 e. The van der Waals surface area contributed by atoms with Gasteiger partial charge in [0.15, 0.2) is 0 Å². The lowest BCUT2D eigenvalue weighted by Gasteiger charge is -2.25. The summed E-state index contributed by atoms with van der Waals surface area (Å²) in [7, 11) is 0.